The summed E-state index contributed by atoms with van der Waals surface area (Å²) in [6.45, 7) is 8.73. The zero-order chi connectivity index (χ0) is 13.1. The van der Waals surface area contributed by atoms with E-state index in [-0.39, 0.29) is 17.2 Å². The van der Waals surface area contributed by atoms with E-state index < -0.39 is 0 Å². The molecule has 0 heterocycles. The van der Waals surface area contributed by atoms with Gasteiger partial charge in [0.2, 0.25) is 5.91 Å². The number of carbonyl (C=O) groups is 1. The third kappa shape index (κ3) is 4.15. The summed E-state index contributed by atoms with van der Waals surface area (Å²) in [6, 6.07) is 8.21. The van der Waals surface area contributed by atoms with Gasteiger partial charge in [-0.3, -0.25) is 4.79 Å². The maximum atomic E-state index is 11.6. The van der Waals surface area contributed by atoms with E-state index in [0.29, 0.717) is 6.54 Å². The van der Waals surface area contributed by atoms with Crippen molar-refractivity contribution in [3.05, 3.63) is 34.3 Å². The summed E-state index contributed by atoms with van der Waals surface area (Å²) in [7, 11) is 0. The Morgan fingerprint density at radius 1 is 1.41 bits per heavy atom. The summed E-state index contributed by atoms with van der Waals surface area (Å²) < 4.78 is 1.07. The molecule has 17 heavy (non-hydrogen) atoms. The Morgan fingerprint density at radius 2 is 2.06 bits per heavy atom. The van der Waals surface area contributed by atoms with Gasteiger partial charge < -0.3 is 5.32 Å². The van der Waals surface area contributed by atoms with E-state index >= 15 is 0 Å². The molecule has 0 saturated heterocycles. The van der Waals surface area contributed by atoms with Gasteiger partial charge in [-0.1, -0.05) is 55.8 Å². The number of benzene rings is 1. The van der Waals surface area contributed by atoms with Crippen LogP contribution in [-0.4, -0.2) is 12.5 Å². The number of nitrogens with one attached hydrogen (secondary N) is 1. The van der Waals surface area contributed by atoms with E-state index in [1.165, 1.54) is 5.56 Å². The lowest BCUT2D eigenvalue weighted by Crippen LogP contribution is -2.38. The van der Waals surface area contributed by atoms with Crippen LogP contribution in [0.15, 0.2) is 28.7 Å². The molecule has 0 atom stereocenters. The molecular weight excluding hydrogens is 278 g/mol. The molecule has 0 aromatic heterocycles. The predicted molar refractivity (Wildman–Crippen MR) is 75.0 cm³/mol. The third-order valence-electron chi connectivity index (χ3n) is 2.84. The zero-order valence-electron chi connectivity index (χ0n) is 10.9. The van der Waals surface area contributed by atoms with Crippen LogP contribution in [0.25, 0.3) is 0 Å². The second-order valence-electron chi connectivity index (χ2n) is 5.27. The molecule has 0 aliphatic heterocycles. The number of rotatable bonds is 4. The molecule has 0 aliphatic rings. The van der Waals surface area contributed by atoms with Crippen molar-refractivity contribution < 1.29 is 4.79 Å². The molecule has 1 aromatic rings. The van der Waals surface area contributed by atoms with Crippen molar-refractivity contribution in [1.82, 2.24) is 5.32 Å². The molecule has 0 spiro atoms. The first-order valence-electron chi connectivity index (χ1n) is 5.86. The van der Waals surface area contributed by atoms with Gasteiger partial charge >= 0.3 is 0 Å². The van der Waals surface area contributed by atoms with E-state index in [2.05, 4.69) is 47.2 Å². The number of carbonyl (C=O) groups excluding carboxylic acids is 1. The Balaban J connectivity index is 2.72. The van der Waals surface area contributed by atoms with E-state index in [9.17, 15) is 4.79 Å². The van der Waals surface area contributed by atoms with Crippen LogP contribution in [0.4, 0.5) is 0 Å². The minimum Gasteiger partial charge on any atom is -0.355 e. The number of hydrogen-bond acceptors (Lipinski definition) is 1. The molecule has 2 nitrogen and oxygen atoms in total. The van der Waals surface area contributed by atoms with Crippen LogP contribution in [0.3, 0.4) is 0 Å². The minimum atomic E-state index is -0.0612. The quantitative estimate of drug-likeness (QED) is 0.905. The summed E-state index contributed by atoms with van der Waals surface area (Å²) in [6.07, 6.45) is 0. The molecule has 0 aliphatic carbocycles. The average molecular weight is 298 g/mol. The first-order valence-corrected chi connectivity index (χ1v) is 6.66. The van der Waals surface area contributed by atoms with Gasteiger partial charge in [-0.25, -0.2) is 0 Å². The molecule has 3 heteroatoms. The van der Waals surface area contributed by atoms with E-state index in [1.54, 1.807) is 0 Å². The van der Waals surface area contributed by atoms with Gasteiger partial charge in [0.25, 0.3) is 0 Å². The van der Waals surface area contributed by atoms with Crippen LogP contribution in [-0.2, 0) is 10.2 Å². The maximum Gasteiger partial charge on any atom is 0.222 e. The molecule has 0 bridgehead atoms. The second kappa shape index (κ2) is 5.67. The summed E-state index contributed by atoms with van der Waals surface area (Å²) in [5.74, 6) is 0.140. The monoisotopic (exact) mass is 297 g/mol. The van der Waals surface area contributed by atoms with E-state index in [4.69, 9.17) is 0 Å². The maximum absolute atomic E-state index is 11.6. The van der Waals surface area contributed by atoms with Gasteiger partial charge in [0.1, 0.15) is 0 Å². The Hall–Kier alpha value is -0.830. The van der Waals surface area contributed by atoms with Crippen LogP contribution >= 0.6 is 15.9 Å². The van der Waals surface area contributed by atoms with Crippen molar-refractivity contribution in [2.24, 2.45) is 5.92 Å². The standard InChI is InChI=1S/C14H20BrNO/c1-10(2)13(17)16-9-14(3,4)11-6-5-7-12(15)8-11/h5-8,10H,9H2,1-4H3,(H,16,17). The lowest BCUT2D eigenvalue weighted by Gasteiger charge is -2.26. The first kappa shape index (κ1) is 14.2. The van der Waals surface area contributed by atoms with Crippen LogP contribution in [0.2, 0.25) is 0 Å². The minimum absolute atomic E-state index is 0.0355. The number of halogens is 1. The van der Waals surface area contributed by atoms with Crippen molar-refractivity contribution in [1.29, 1.82) is 0 Å². The summed E-state index contributed by atoms with van der Waals surface area (Å²) in [5.41, 5.74) is 1.16. The highest BCUT2D eigenvalue weighted by Crippen LogP contribution is 2.25. The predicted octanol–water partition coefficient (Wildman–Crippen LogP) is 3.50. The fourth-order valence-corrected chi connectivity index (χ4v) is 1.92. The van der Waals surface area contributed by atoms with E-state index in [1.807, 2.05) is 26.0 Å². The van der Waals surface area contributed by atoms with Crippen LogP contribution < -0.4 is 5.32 Å². The third-order valence-corrected chi connectivity index (χ3v) is 3.33. The van der Waals surface area contributed by atoms with Gasteiger partial charge in [-0.2, -0.15) is 0 Å². The Bertz CT molecular complexity index is 399. The van der Waals surface area contributed by atoms with Crippen LogP contribution in [0.1, 0.15) is 33.3 Å². The molecule has 1 N–H and O–H groups in total. The van der Waals surface area contributed by atoms with Crippen molar-refractivity contribution in [3.63, 3.8) is 0 Å². The van der Waals surface area contributed by atoms with Crippen molar-refractivity contribution in [2.75, 3.05) is 6.54 Å². The highest BCUT2D eigenvalue weighted by molar-refractivity contribution is 9.10. The first-order chi connectivity index (χ1) is 7.83. The highest BCUT2D eigenvalue weighted by atomic mass is 79.9. The van der Waals surface area contributed by atoms with Crippen LogP contribution in [0.5, 0.6) is 0 Å². The molecule has 0 unspecified atom stereocenters. The lowest BCUT2D eigenvalue weighted by molar-refractivity contribution is -0.124. The fourth-order valence-electron chi connectivity index (χ4n) is 1.52. The Kier molecular flexibility index (Phi) is 4.75. The van der Waals surface area contributed by atoms with Gasteiger partial charge in [0.15, 0.2) is 0 Å². The summed E-state index contributed by atoms with van der Waals surface area (Å²) in [5, 5.41) is 2.99. The van der Waals surface area contributed by atoms with Gasteiger partial charge in [0.05, 0.1) is 0 Å². The Labute approximate surface area is 112 Å². The number of hydrogen-bond donors (Lipinski definition) is 1. The number of amides is 1. The van der Waals surface area contributed by atoms with Crippen molar-refractivity contribution >= 4 is 21.8 Å². The summed E-state index contributed by atoms with van der Waals surface area (Å²) >= 11 is 3.47. The molecular formula is C14H20BrNO. The fraction of sp³-hybridized carbons (Fsp3) is 0.500. The highest BCUT2D eigenvalue weighted by Gasteiger charge is 2.22. The van der Waals surface area contributed by atoms with Crippen molar-refractivity contribution in [3.8, 4) is 0 Å². The SMILES string of the molecule is CC(C)C(=O)NCC(C)(C)c1cccc(Br)c1. The zero-order valence-corrected chi connectivity index (χ0v) is 12.5. The smallest absolute Gasteiger partial charge is 0.222 e. The molecule has 0 radical (unpaired) electrons. The molecule has 0 fully saturated rings. The molecule has 0 saturated carbocycles. The molecule has 1 rings (SSSR count). The molecule has 1 aromatic carbocycles. The molecule has 94 valence electrons. The largest absolute Gasteiger partial charge is 0.355 e. The van der Waals surface area contributed by atoms with Gasteiger partial charge in [0, 0.05) is 22.4 Å². The van der Waals surface area contributed by atoms with Crippen molar-refractivity contribution in [2.45, 2.75) is 33.1 Å². The second-order valence-corrected chi connectivity index (χ2v) is 6.18. The molecule has 1 amide bonds. The lowest BCUT2D eigenvalue weighted by atomic mass is 9.84. The van der Waals surface area contributed by atoms with Gasteiger partial charge in [-0.15, -0.1) is 0 Å². The Morgan fingerprint density at radius 3 is 2.59 bits per heavy atom. The van der Waals surface area contributed by atoms with Crippen LogP contribution in [0, 0.1) is 5.92 Å². The average Bonchev–Trinajstić information content (AvgIpc) is 2.26. The van der Waals surface area contributed by atoms with E-state index in [0.717, 1.165) is 4.47 Å². The van der Waals surface area contributed by atoms with Gasteiger partial charge in [-0.05, 0) is 17.7 Å². The topological polar surface area (TPSA) is 29.1 Å². The summed E-state index contributed by atoms with van der Waals surface area (Å²) in [4.78, 5) is 11.6. The normalized spacial score (nSPS) is 11.6.